The Morgan fingerprint density at radius 3 is 2.06 bits per heavy atom. The Hall–Kier alpha value is -3.37. The van der Waals surface area contributed by atoms with Gasteiger partial charge in [0.05, 0.1) is 30.7 Å². The Morgan fingerprint density at radius 1 is 0.829 bits per heavy atom. The molecule has 0 saturated carbocycles. The number of hydrogen-bond donors (Lipinski definition) is 0. The van der Waals surface area contributed by atoms with Crippen LogP contribution in [0.25, 0.3) is 0 Å². The predicted octanol–water partition coefficient (Wildman–Crippen LogP) is 3.99. The fourth-order valence-corrected chi connectivity index (χ4v) is 5.88. The van der Waals surface area contributed by atoms with Crippen LogP contribution < -0.4 is 9.64 Å². The van der Waals surface area contributed by atoms with Gasteiger partial charge in [0.15, 0.2) is 0 Å². The molecule has 0 N–H and O–H groups in total. The van der Waals surface area contributed by atoms with Gasteiger partial charge >= 0.3 is 0 Å². The van der Waals surface area contributed by atoms with Crippen molar-refractivity contribution in [1.82, 2.24) is 0 Å². The number of ether oxygens (including phenoxy) is 2. The zero-order valence-corrected chi connectivity index (χ0v) is 20.6. The van der Waals surface area contributed by atoms with E-state index in [2.05, 4.69) is 22.6 Å². The lowest BCUT2D eigenvalue weighted by atomic mass is 9.77. The summed E-state index contributed by atoms with van der Waals surface area (Å²) in [6.45, 7) is 0. The number of Topliss-reactive ketones (excluding diaryl/α,β-unsaturated/α-hetero) is 2. The number of benzene rings is 3. The number of fused-ring (bicyclic) bond motifs is 3. The highest BCUT2D eigenvalue weighted by molar-refractivity contribution is 14.1. The van der Waals surface area contributed by atoms with E-state index >= 15 is 0 Å². The van der Waals surface area contributed by atoms with Crippen molar-refractivity contribution in [2.75, 3.05) is 12.0 Å². The van der Waals surface area contributed by atoms with Gasteiger partial charge in [0.1, 0.15) is 5.75 Å². The minimum atomic E-state index is -2.09. The van der Waals surface area contributed by atoms with Gasteiger partial charge in [-0.15, -0.1) is 0 Å². The number of carbonyl (C=O) groups excluding carboxylic acids is 4. The number of para-hydroxylation sites is 2. The molecule has 2 fully saturated rings. The summed E-state index contributed by atoms with van der Waals surface area (Å²) in [7, 11) is 1.45. The first kappa shape index (κ1) is 22.1. The van der Waals surface area contributed by atoms with Crippen molar-refractivity contribution in [3.05, 3.63) is 93.1 Å². The molecule has 2 amide bonds. The van der Waals surface area contributed by atoms with Crippen LogP contribution in [-0.4, -0.2) is 36.1 Å². The number of imide groups is 1. The molecule has 3 atom stereocenters. The van der Waals surface area contributed by atoms with E-state index in [1.165, 1.54) is 7.11 Å². The fraction of sp³-hybridized carbons (Fsp3) is 0.185. The molecule has 3 aliphatic rings. The number of amides is 2. The Bertz CT molecular complexity index is 1400. The number of nitrogens with zero attached hydrogens (tertiary/aromatic N) is 1. The largest absolute Gasteiger partial charge is 0.495 e. The Labute approximate surface area is 214 Å². The van der Waals surface area contributed by atoms with E-state index in [-0.39, 0.29) is 16.8 Å². The SMILES string of the molecule is COc1ccccc1N1C(=O)[C@@H]2[C@@H](C1=O)C1(O[C@H]2c2ccc(I)cc2)C(=O)c2ccccc2C1=O. The Kier molecular flexibility index (Phi) is 4.94. The monoisotopic (exact) mass is 579 g/mol. The molecule has 35 heavy (non-hydrogen) atoms. The lowest BCUT2D eigenvalue weighted by Crippen LogP contribution is -2.51. The first-order chi connectivity index (χ1) is 16.9. The van der Waals surface area contributed by atoms with Crippen molar-refractivity contribution in [3.63, 3.8) is 0 Å². The molecule has 2 saturated heterocycles. The van der Waals surface area contributed by atoms with Gasteiger partial charge in [-0.1, -0.05) is 48.5 Å². The second kappa shape index (κ2) is 7.82. The molecule has 2 aliphatic heterocycles. The van der Waals surface area contributed by atoms with Crippen LogP contribution in [0.15, 0.2) is 72.8 Å². The van der Waals surface area contributed by atoms with Gasteiger partial charge in [0.2, 0.25) is 29.0 Å². The molecular weight excluding hydrogens is 561 g/mol. The first-order valence-corrected chi connectivity index (χ1v) is 12.1. The van der Waals surface area contributed by atoms with Crippen molar-refractivity contribution in [1.29, 1.82) is 0 Å². The van der Waals surface area contributed by atoms with Crippen LogP contribution in [0.5, 0.6) is 5.75 Å². The van der Waals surface area contributed by atoms with Gasteiger partial charge in [-0.2, -0.15) is 0 Å². The van der Waals surface area contributed by atoms with Crippen molar-refractivity contribution >= 4 is 51.7 Å². The minimum absolute atomic E-state index is 0.204. The second-order valence-electron chi connectivity index (χ2n) is 8.72. The topological polar surface area (TPSA) is 90.0 Å². The number of hydrogen-bond acceptors (Lipinski definition) is 6. The van der Waals surface area contributed by atoms with Gasteiger partial charge < -0.3 is 9.47 Å². The van der Waals surface area contributed by atoms with Crippen molar-refractivity contribution < 1.29 is 28.7 Å². The summed E-state index contributed by atoms with van der Waals surface area (Å²) in [6.07, 6.45) is -0.949. The summed E-state index contributed by atoms with van der Waals surface area (Å²) in [5, 5.41) is 0. The molecule has 2 heterocycles. The number of halogens is 1. The second-order valence-corrected chi connectivity index (χ2v) is 9.96. The third-order valence-electron chi connectivity index (χ3n) is 7.04. The Morgan fingerprint density at radius 2 is 1.43 bits per heavy atom. The lowest BCUT2D eigenvalue weighted by Gasteiger charge is -2.27. The quantitative estimate of drug-likeness (QED) is 0.265. The van der Waals surface area contributed by atoms with Gasteiger partial charge in [-0.25, -0.2) is 4.90 Å². The van der Waals surface area contributed by atoms with Gasteiger partial charge in [0, 0.05) is 14.7 Å². The summed E-state index contributed by atoms with van der Waals surface area (Å²) >= 11 is 2.16. The number of anilines is 1. The van der Waals surface area contributed by atoms with Crippen LogP contribution in [0.4, 0.5) is 5.69 Å². The molecule has 174 valence electrons. The number of ketones is 2. The highest BCUT2D eigenvalue weighted by atomic mass is 127. The van der Waals surface area contributed by atoms with Crippen LogP contribution >= 0.6 is 22.6 Å². The fourth-order valence-electron chi connectivity index (χ4n) is 5.52. The summed E-state index contributed by atoms with van der Waals surface area (Å²) in [4.78, 5) is 56.4. The summed E-state index contributed by atoms with van der Waals surface area (Å²) in [5.74, 6) is -4.34. The van der Waals surface area contributed by atoms with Crippen molar-refractivity contribution in [3.8, 4) is 5.75 Å². The maximum absolute atomic E-state index is 14.0. The summed E-state index contributed by atoms with van der Waals surface area (Å²) in [6, 6.07) is 20.4. The highest BCUT2D eigenvalue weighted by Crippen LogP contribution is 2.58. The average molecular weight is 579 g/mol. The van der Waals surface area contributed by atoms with E-state index in [9.17, 15) is 19.2 Å². The normalized spacial score (nSPS) is 24.3. The van der Waals surface area contributed by atoms with Crippen molar-refractivity contribution in [2.24, 2.45) is 11.8 Å². The van der Waals surface area contributed by atoms with Crippen LogP contribution in [0.2, 0.25) is 0 Å². The van der Waals surface area contributed by atoms with E-state index in [1.807, 2.05) is 12.1 Å². The van der Waals surface area contributed by atoms with Crippen LogP contribution in [0.3, 0.4) is 0 Å². The highest BCUT2D eigenvalue weighted by Gasteiger charge is 2.74. The number of rotatable bonds is 3. The molecule has 6 rings (SSSR count). The van der Waals surface area contributed by atoms with Crippen LogP contribution in [0.1, 0.15) is 32.4 Å². The maximum atomic E-state index is 14.0. The third kappa shape index (κ3) is 2.86. The van der Waals surface area contributed by atoms with E-state index in [1.54, 1.807) is 60.7 Å². The Balaban J connectivity index is 1.55. The standard InChI is InChI=1S/C27H18INO6/c1-34-19-9-5-4-8-18(19)29-25(32)20-21(26(29)33)27(35-22(20)14-10-12-15(28)13-11-14)23(30)16-6-2-3-7-17(16)24(27)31/h2-13,20-22H,1H3/t20-,21+,22+/m1/s1. The molecule has 3 aromatic rings. The zero-order valence-electron chi connectivity index (χ0n) is 18.4. The van der Waals surface area contributed by atoms with Crippen LogP contribution in [-0.2, 0) is 14.3 Å². The zero-order chi connectivity index (χ0) is 24.5. The van der Waals surface area contributed by atoms with Gasteiger partial charge in [0.25, 0.3) is 0 Å². The smallest absolute Gasteiger partial charge is 0.241 e. The third-order valence-corrected chi connectivity index (χ3v) is 7.76. The van der Waals surface area contributed by atoms with E-state index in [4.69, 9.17) is 9.47 Å². The van der Waals surface area contributed by atoms with E-state index in [0.29, 0.717) is 11.3 Å². The lowest BCUT2D eigenvalue weighted by molar-refractivity contribution is -0.127. The number of methoxy groups -OCH3 is 1. The molecule has 8 heteroatoms. The van der Waals surface area contributed by atoms with Crippen molar-refractivity contribution in [2.45, 2.75) is 11.7 Å². The molecule has 0 unspecified atom stereocenters. The van der Waals surface area contributed by atoms with Gasteiger partial charge in [-0.3, -0.25) is 19.2 Å². The minimum Gasteiger partial charge on any atom is -0.495 e. The van der Waals surface area contributed by atoms with Crippen LogP contribution in [0, 0.1) is 15.4 Å². The summed E-state index contributed by atoms with van der Waals surface area (Å²) in [5.41, 5.74) is -0.792. The molecule has 1 aliphatic carbocycles. The molecule has 0 radical (unpaired) electrons. The summed E-state index contributed by atoms with van der Waals surface area (Å²) < 4.78 is 12.7. The predicted molar refractivity (Wildman–Crippen MR) is 133 cm³/mol. The molecule has 0 aromatic heterocycles. The maximum Gasteiger partial charge on any atom is 0.241 e. The first-order valence-electron chi connectivity index (χ1n) is 11.0. The molecular formula is C27H18INO6. The number of carbonyl (C=O) groups is 4. The van der Waals surface area contributed by atoms with Gasteiger partial charge in [-0.05, 0) is 52.4 Å². The molecule has 0 bridgehead atoms. The average Bonchev–Trinajstić information content (AvgIpc) is 3.44. The molecule has 1 spiro atoms. The molecule has 3 aromatic carbocycles. The van der Waals surface area contributed by atoms with E-state index in [0.717, 1.165) is 8.47 Å². The van der Waals surface area contributed by atoms with E-state index < -0.39 is 46.9 Å². The molecule has 7 nitrogen and oxygen atoms in total.